The quantitative estimate of drug-likeness (QED) is 0.438. The molecular formula is C21H24F4N4O. The van der Waals surface area contributed by atoms with Crippen molar-refractivity contribution in [3.63, 3.8) is 0 Å². The summed E-state index contributed by atoms with van der Waals surface area (Å²) in [5.41, 5.74) is 1.32. The fraction of sp³-hybridized carbons (Fsp3) is 0.381. The van der Waals surface area contributed by atoms with Crippen LogP contribution >= 0.6 is 0 Å². The van der Waals surface area contributed by atoms with Gasteiger partial charge in [0.2, 0.25) is 0 Å². The number of benzene rings is 2. The first-order valence-corrected chi connectivity index (χ1v) is 9.58. The molecule has 3 rings (SSSR count). The van der Waals surface area contributed by atoms with E-state index in [0.717, 1.165) is 17.7 Å². The van der Waals surface area contributed by atoms with Gasteiger partial charge in [0.1, 0.15) is 5.82 Å². The number of nitrogens with one attached hydrogen (secondary N) is 2. The summed E-state index contributed by atoms with van der Waals surface area (Å²) in [5, 5.41) is 6.11. The number of ether oxygens (including phenoxy) is 1. The number of rotatable bonds is 5. The molecule has 0 unspecified atom stereocenters. The number of nitrogens with zero attached hydrogens (tertiary/aromatic N) is 2. The fourth-order valence-electron chi connectivity index (χ4n) is 3.12. The third-order valence-electron chi connectivity index (χ3n) is 4.79. The number of guanidine groups is 1. The predicted molar refractivity (Wildman–Crippen MR) is 108 cm³/mol. The molecule has 1 fully saturated rings. The highest BCUT2D eigenvalue weighted by atomic mass is 19.4. The van der Waals surface area contributed by atoms with E-state index in [4.69, 9.17) is 4.74 Å². The third-order valence-corrected chi connectivity index (χ3v) is 4.79. The SMILES string of the molecule is CN=C(NCc1ccc(C(F)(F)F)cc1)NCc1ccc(N2CCOCC2)c(F)c1. The molecule has 0 aliphatic carbocycles. The minimum atomic E-state index is -4.35. The fourth-order valence-corrected chi connectivity index (χ4v) is 3.12. The summed E-state index contributed by atoms with van der Waals surface area (Å²) in [5.74, 6) is 0.177. The van der Waals surface area contributed by atoms with Crippen LogP contribution in [0.4, 0.5) is 23.2 Å². The van der Waals surface area contributed by atoms with E-state index < -0.39 is 11.7 Å². The first-order valence-electron chi connectivity index (χ1n) is 9.58. The maximum absolute atomic E-state index is 14.5. The highest BCUT2D eigenvalue weighted by molar-refractivity contribution is 5.79. The van der Waals surface area contributed by atoms with Crippen molar-refractivity contribution in [2.24, 2.45) is 4.99 Å². The Bertz CT molecular complexity index is 862. The lowest BCUT2D eigenvalue weighted by molar-refractivity contribution is -0.137. The van der Waals surface area contributed by atoms with Crippen molar-refractivity contribution in [3.05, 3.63) is 65.0 Å². The molecule has 9 heteroatoms. The number of halogens is 4. The Morgan fingerprint density at radius 2 is 1.60 bits per heavy atom. The van der Waals surface area contributed by atoms with Gasteiger partial charge in [-0.25, -0.2) is 4.39 Å². The average molecular weight is 424 g/mol. The van der Waals surface area contributed by atoms with E-state index in [2.05, 4.69) is 15.6 Å². The molecule has 1 aliphatic rings. The Morgan fingerprint density at radius 3 is 2.17 bits per heavy atom. The molecule has 0 amide bonds. The molecule has 0 radical (unpaired) electrons. The maximum atomic E-state index is 14.5. The average Bonchev–Trinajstić information content (AvgIpc) is 2.74. The third kappa shape index (κ3) is 5.85. The van der Waals surface area contributed by atoms with Crippen LogP contribution in [-0.2, 0) is 24.0 Å². The molecule has 2 aromatic rings. The molecule has 2 N–H and O–H groups in total. The molecule has 30 heavy (non-hydrogen) atoms. The van der Waals surface area contributed by atoms with E-state index in [1.54, 1.807) is 13.1 Å². The second-order valence-corrected chi connectivity index (χ2v) is 6.86. The zero-order valence-corrected chi connectivity index (χ0v) is 16.6. The second-order valence-electron chi connectivity index (χ2n) is 6.86. The van der Waals surface area contributed by atoms with Crippen LogP contribution in [-0.4, -0.2) is 39.3 Å². The van der Waals surface area contributed by atoms with Crippen LogP contribution in [0.1, 0.15) is 16.7 Å². The Kier molecular flexibility index (Phi) is 7.15. The molecule has 0 aromatic heterocycles. The Hall–Kier alpha value is -2.81. The summed E-state index contributed by atoms with van der Waals surface area (Å²) in [7, 11) is 1.59. The van der Waals surface area contributed by atoms with Gasteiger partial charge in [0, 0.05) is 33.2 Å². The van der Waals surface area contributed by atoms with Gasteiger partial charge in [-0.3, -0.25) is 4.99 Å². The zero-order chi connectivity index (χ0) is 21.6. The number of aliphatic imine (C=N–C) groups is 1. The molecule has 0 atom stereocenters. The van der Waals surface area contributed by atoms with Gasteiger partial charge in [-0.1, -0.05) is 18.2 Å². The van der Waals surface area contributed by atoms with Gasteiger partial charge in [0.15, 0.2) is 5.96 Å². The van der Waals surface area contributed by atoms with E-state index >= 15 is 0 Å². The Balaban J connectivity index is 1.52. The van der Waals surface area contributed by atoms with Crippen LogP contribution in [0.5, 0.6) is 0 Å². The van der Waals surface area contributed by atoms with Crippen LogP contribution < -0.4 is 15.5 Å². The van der Waals surface area contributed by atoms with Gasteiger partial charge in [-0.05, 0) is 35.4 Å². The molecule has 0 spiro atoms. The lowest BCUT2D eigenvalue weighted by Gasteiger charge is -2.29. The van der Waals surface area contributed by atoms with Crippen LogP contribution in [0.15, 0.2) is 47.5 Å². The van der Waals surface area contributed by atoms with Crippen molar-refractivity contribution in [1.82, 2.24) is 10.6 Å². The van der Waals surface area contributed by atoms with Crippen molar-refractivity contribution in [1.29, 1.82) is 0 Å². The molecular weight excluding hydrogens is 400 g/mol. The second kappa shape index (κ2) is 9.80. The molecule has 0 bridgehead atoms. The van der Waals surface area contributed by atoms with Crippen LogP contribution in [0.25, 0.3) is 0 Å². The number of morpholine rings is 1. The maximum Gasteiger partial charge on any atom is 0.416 e. The minimum absolute atomic E-state index is 0.288. The number of alkyl halides is 3. The lowest BCUT2D eigenvalue weighted by atomic mass is 10.1. The Morgan fingerprint density at radius 1 is 1.00 bits per heavy atom. The van der Waals surface area contributed by atoms with Crippen molar-refractivity contribution in [2.75, 3.05) is 38.3 Å². The predicted octanol–water partition coefficient (Wildman–Crippen LogP) is 3.55. The molecule has 2 aromatic carbocycles. The van der Waals surface area contributed by atoms with Gasteiger partial charge >= 0.3 is 6.18 Å². The molecule has 5 nitrogen and oxygen atoms in total. The van der Waals surface area contributed by atoms with Gasteiger partial charge in [0.05, 0.1) is 24.5 Å². The summed E-state index contributed by atoms with van der Waals surface area (Å²) in [6, 6.07) is 10.0. The van der Waals surface area contributed by atoms with E-state index in [-0.39, 0.29) is 5.82 Å². The monoisotopic (exact) mass is 424 g/mol. The Labute approximate surface area is 172 Å². The molecule has 162 valence electrons. The first-order chi connectivity index (χ1) is 14.4. The van der Waals surface area contributed by atoms with Crippen LogP contribution in [0.3, 0.4) is 0 Å². The lowest BCUT2D eigenvalue weighted by Crippen LogP contribution is -2.37. The van der Waals surface area contributed by atoms with Gasteiger partial charge in [-0.2, -0.15) is 13.2 Å². The molecule has 1 aliphatic heterocycles. The van der Waals surface area contributed by atoms with Gasteiger partial charge < -0.3 is 20.3 Å². The van der Waals surface area contributed by atoms with Crippen molar-refractivity contribution < 1.29 is 22.3 Å². The van der Waals surface area contributed by atoms with E-state index in [0.29, 0.717) is 56.6 Å². The topological polar surface area (TPSA) is 48.9 Å². The van der Waals surface area contributed by atoms with E-state index in [9.17, 15) is 17.6 Å². The highest BCUT2D eigenvalue weighted by Gasteiger charge is 2.29. The van der Waals surface area contributed by atoms with Gasteiger partial charge in [-0.15, -0.1) is 0 Å². The molecule has 1 heterocycles. The van der Waals surface area contributed by atoms with Gasteiger partial charge in [0.25, 0.3) is 0 Å². The van der Waals surface area contributed by atoms with Crippen molar-refractivity contribution in [2.45, 2.75) is 19.3 Å². The first kappa shape index (κ1) is 21.9. The molecule has 1 saturated heterocycles. The molecule has 0 saturated carbocycles. The minimum Gasteiger partial charge on any atom is -0.378 e. The largest absolute Gasteiger partial charge is 0.416 e. The summed E-state index contributed by atoms with van der Waals surface area (Å²) in [6.07, 6.45) is -4.35. The summed E-state index contributed by atoms with van der Waals surface area (Å²) in [6.45, 7) is 3.16. The standard InChI is InChI=1S/C21H24F4N4O/c1-26-20(27-13-15-2-5-17(6-3-15)21(23,24)25)28-14-16-4-7-19(18(22)12-16)29-8-10-30-11-9-29/h2-7,12H,8-11,13-14H2,1H3,(H2,26,27,28). The van der Waals surface area contributed by atoms with Crippen LogP contribution in [0.2, 0.25) is 0 Å². The highest BCUT2D eigenvalue weighted by Crippen LogP contribution is 2.29. The van der Waals surface area contributed by atoms with E-state index in [1.807, 2.05) is 11.0 Å². The smallest absolute Gasteiger partial charge is 0.378 e. The summed E-state index contributed by atoms with van der Waals surface area (Å²) in [4.78, 5) is 6.05. The number of anilines is 1. The number of hydrogen-bond donors (Lipinski definition) is 2. The van der Waals surface area contributed by atoms with Crippen LogP contribution in [0, 0.1) is 5.82 Å². The zero-order valence-electron chi connectivity index (χ0n) is 16.6. The summed E-state index contributed by atoms with van der Waals surface area (Å²) >= 11 is 0. The number of hydrogen-bond acceptors (Lipinski definition) is 3. The summed E-state index contributed by atoms with van der Waals surface area (Å²) < 4.78 is 57.7. The van der Waals surface area contributed by atoms with E-state index in [1.165, 1.54) is 18.2 Å². The normalized spacial score (nSPS) is 15.2. The van der Waals surface area contributed by atoms with Crippen molar-refractivity contribution in [3.8, 4) is 0 Å². The van der Waals surface area contributed by atoms with Crippen molar-refractivity contribution >= 4 is 11.6 Å².